The van der Waals surface area contributed by atoms with Crippen LogP contribution in [0, 0.1) is 5.41 Å². The van der Waals surface area contributed by atoms with E-state index in [-0.39, 0.29) is 17.0 Å². The van der Waals surface area contributed by atoms with Crippen LogP contribution in [0.15, 0.2) is 6.20 Å². The van der Waals surface area contributed by atoms with Crippen molar-refractivity contribution in [2.75, 3.05) is 13.1 Å². The summed E-state index contributed by atoms with van der Waals surface area (Å²) in [6.07, 6.45) is 2.99. The maximum Gasteiger partial charge on any atom is 0.358 e. The molecule has 0 saturated heterocycles. The largest absolute Gasteiger partial charge is 0.476 e. The van der Waals surface area contributed by atoms with Gasteiger partial charge in [-0.3, -0.25) is 4.79 Å². The van der Waals surface area contributed by atoms with Crippen LogP contribution in [-0.4, -0.2) is 45.1 Å². The van der Waals surface area contributed by atoms with E-state index in [1.807, 2.05) is 0 Å². The average molecular weight is 253 g/mol. The topological polar surface area (TPSA) is 123 Å². The Labute approximate surface area is 103 Å². The molecule has 0 unspecified atom stereocenters. The predicted molar refractivity (Wildman–Crippen MR) is 60.7 cm³/mol. The first-order valence-electron chi connectivity index (χ1n) is 5.69. The molecule has 2 rings (SSSR count). The molecule has 18 heavy (non-hydrogen) atoms. The summed E-state index contributed by atoms with van der Waals surface area (Å²) < 4.78 is 1.38. The van der Waals surface area contributed by atoms with Crippen LogP contribution in [0.2, 0.25) is 0 Å². The summed E-state index contributed by atoms with van der Waals surface area (Å²) in [5, 5.41) is 18.5. The second kappa shape index (κ2) is 4.73. The number of aromatic nitrogens is 3. The van der Waals surface area contributed by atoms with Crippen LogP contribution < -0.4 is 11.1 Å². The molecule has 1 aromatic heterocycles. The standard InChI is InChI=1S/C10H15N5O3/c11-6-10(1-2-10)9(18)12-3-4-15-5-7(8(16)17)13-14-15/h5H,1-4,6,11H2,(H,12,18)(H,16,17). The van der Waals surface area contributed by atoms with Crippen molar-refractivity contribution in [3.8, 4) is 0 Å². The highest BCUT2D eigenvalue weighted by Gasteiger charge is 2.48. The number of nitrogens with two attached hydrogens (primary N) is 1. The van der Waals surface area contributed by atoms with E-state index in [2.05, 4.69) is 15.6 Å². The number of nitrogens with zero attached hydrogens (tertiary/aromatic N) is 3. The number of hydrogen-bond acceptors (Lipinski definition) is 5. The van der Waals surface area contributed by atoms with Crippen molar-refractivity contribution in [2.45, 2.75) is 19.4 Å². The normalized spacial score (nSPS) is 16.3. The molecule has 4 N–H and O–H groups in total. The van der Waals surface area contributed by atoms with Crippen molar-refractivity contribution in [1.82, 2.24) is 20.3 Å². The molecule has 1 saturated carbocycles. The zero-order valence-electron chi connectivity index (χ0n) is 9.80. The van der Waals surface area contributed by atoms with Gasteiger partial charge in [0.1, 0.15) is 0 Å². The number of hydrogen-bond donors (Lipinski definition) is 3. The fraction of sp³-hybridized carbons (Fsp3) is 0.600. The average Bonchev–Trinajstić information content (AvgIpc) is 3.01. The smallest absolute Gasteiger partial charge is 0.358 e. The van der Waals surface area contributed by atoms with Crippen molar-refractivity contribution >= 4 is 11.9 Å². The minimum absolute atomic E-state index is 0.0384. The molecule has 1 aliphatic carbocycles. The van der Waals surface area contributed by atoms with E-state index in [1.165, 1.54) is 10.9 Å². The van der Waals surface area contributed by atoms with Crippen LogP contribution in [0.25, 0.3) is 0 Å². The summed E-state index contributed by atoms with van der Waals surface area (Å²) >= 11 is 0. The predicted octanol–water partition coefficient (Wildman–Crippen LogP) is -1.17. The van der Waals surface area contributed by atoms with Gasteiger partial charge in [0, 0.05) is 13.1 Å². The van der Waals surface area contributed by atoms with Gasteiger partial charge in [0.15, 0.2) is 5.69 Å². The molecule has 8 heteroatoms. The third kappa shape index (κ3) is 2.48. The second-order valence-corrected chi connectivity index (χ2v) is 4.41. The summed E-state index contributed by atoms with van der Waals surface area (Å²) in [5.41, 5.74) is 5.06. The lowest BCUT2D eigenvalue weighted by Crippen LogP contribution is -2.38. The first kappa shape index (κ1) is 12.5. The Bertz CT molecular complexity index is 466. The summed E-state index contributed by atoms with van der Waals surface area (Å²) in [5.74, 6) is -1.16. The van der Waals surface area contributed by atoms with Gasteiger partial charge >= 0.3 is 5.97 Å². The van der Waals surface area contributed by atoms with E-state index in [0.717, 1.165) is 12.8 Å². The van der Waals surface area contributed by atoms with Crippen molar-refractivity contribution in [3.63, 3.8) is 0 Å². The minimum atomic E-state index is -1.12. The van der Waals surface area contributed by atoms with Gasteiger partial charge in [-0.1, -0.05) is 5.21 Å². The molecular weight excluding hydrogens is 238 g/mol. The van der Waals surface area contributed by atoms with Crippen LogP contribution in [-0.2, 0) is 11.3 Å². The molecule has 98 valence electrons. The van der Waals surface area contributed by atoms with E-state index in [9.17, 15) is 9.59 Å². The first-order chi connectivity index (χ1) is 8.57. The molecule has 1 aromatic rings. The summed E-state index contributed by atoms with van der Waals surface area (Å²) in [7, 11) is 0. The third-order valence-electron chi connectivity index (χ3n) is 3.11. The molecule has 1 fully saturated rings. The van der Waals surface area contributed by atoms with Gasteiger partial charge in [-0.2, -0.15) is 0 Å². The number of aromatic carboxylic acids is 1. The molecule has 1 aliphatic rings. The Balaban J connectivity index is 1.78. The molecular formula is C10H15N5O3. The first-order valence-corrected chi connectivity index (χ1v) is 5.69. The maximum atomic E-state index is 11.7. The molecule has 1 heterocycles. The Morgan fingerprint density at radius 1 is 1.56 bits per heavy atom. The SMILES string of the molecule is NCC1(C(=O)NCCn2cc(C(=O)O)nn2)CC1. The molecule has 0 spiro atoms. The lowest BCUT2D eigenvalue weighted by Gasteiger charge is -2.12. The highest BCUT2D eigenvalue weighted by Crippen LogP contribution is 2.44. The van der Waals surface area contributed by atoms with E-state index < -0.39 is 5.97 Å². The lowest BCUT2D eigenvalue weighted by molar-refractivity contribution is -0.126. The molecule has 0 bridgehead atoms. The fourth-order valence-corrected chi connectivity index (χ4v) is 1.65. The Morgan fingerprint density at radius 3 is 2.78 bits per heavy atom. The van der Waals surface area contributed by atoms with E-state index in [1.54, 1.807) is 0 Å². The number of carboxylic acid groups (broad SMARTS) is 1. The van der Waals surface area contributed by atoms with Crippen LogP contribution in [0.5, 0.6) is 0 Å². The molecule has 0 aromatic carbocycles. The van der Waals surface area contributed by atoms with Crippen molar-refractivity contribution < 1.29 is 14.7 Å². The van der Waals surface area contributed by atoms with Crippen molar-refractivity contribution in [3.05, 3.63) is 11.9 Å². The van der Waals surface area contributed by atoms with Crippen molar-refractivity contribution in [1.29, 1.82) is 0 Å². The quantitative estimate of drug-likeness (QED) is 0.587. The summed E-state index contributed by atoms with van der Waals surface area (Å²) in [4.78, 5) is 22.3. The summed E-state index contributed by atoms with van der Waals surface area (Å²) in [6, 6.07) is 0. The Hall–Kier alpha value is -1.96. The second-order valence-electron chi connectivity index (χ2n) is 4.41. The number of nitrogens with one attached hydrogen (secondary N) is 1. The molecule has 0 radical (unpaired) electrons. The van der Waals surface area contributed by atoms with Gasteiger partial charge in [0.05, 0.1) is 18.2 Å². The van der Waals surface area contributed by atoms with E-state index >= 15 is 0 Å². The van der Waals surface area contributed by atoms with E-state index in [4.69, 9.17) is 10.8 Å². The Morgan fingerprint density at radius 2 is 2.28 bits per heavy atom. The number of amides is 1. The number of carbonyl (C=O) groups excluding carboxylic acids is 1. The van der Waals surface area contributed by atoms with Crippen LogP contribution in [0.1, 0.15) is 23.3 Å². The monoisotopic (exact) mass is 253 g/mol. The number of carboxylic acids is 1. The van der Waals surface area contributed by atoms with Gasteiger partial charge in [-0.05, 0) is 12.8 Å². The van der Waals surface area contributed by atoms with Gasteiger partial charge in [-0.15, -0.1) is 5.10 Å². The molecule has 1 amide bonds. The third-order valence-corrected chi connectivity index (χ3v) is 3.11. The van der Waals surface area contributed by atoms with Crippen LogP contribution in [0.4, 0.5) is 0 Å². The van der Waals surface area contributed by atoms with Gasteiger partial charge < -0.3 is 16.2 Å². The van der Waals surface area contributed by atoms with Crippen LogP contribution in [0.3, 0.4) is 0 Å². The highest BCUT2D eigenvalue weighted by molar-refractivity contribution is 5.85. The number of rotatable bonds is 6. The van der Waals surface area contributed by atoms with Gasteiger partial charge in [0.2, 0.25) is 5.91 Å². The van der Waals surface area contributed by atoms with Crippen LogP contribution >= 0.6 is 0 Å². The zero-order valence-corrected chi connectivity index (χ0v) is 9.80. The zero-order chi connectivity index (χ0) is 13.2. The molecule has 0 aliphatic heterocycles. The van der Waals surface area contributed by atoms with Gasteiger partial charge in [0.25, 0.3) is 0 Å². The van der Waals surface area contributed by atoms with Crippen molar-refractivity contribution in [2.24, 2.45) is 11.1 Å². The highest BCUT2D eigenvalue weighted by atomic mass is 16.4. The molecule has 8 nitrogen and oxygen atoms in total. The van der Waals surface area contributed by atoms with E-state index in [0.29, 0.717) is 19.6 Å². The maximum absolute atomic E-state index is 11.7. The lowest BCUT2D eigenvalue weighted by atomic mass is 10.1. The fourth-order valence-electron chi connectivity index (χ4n) is 1.65. The molecule has 0 atom stereocenters. The Kier molecular flexibility index (Phi) is 3.28. The van der Waals surface area contributed by atoms with Gasteiger partial charge in [-0.25, -0.2) is 9.48 Å². The summed E-state index contributed by atoms with van der Waals surface area (Å²) in [6.45, 7) is 1.13. The number of carbonyl (C=O) groups is 2. The minimum Gasteiger partial charge on any atom is -0.476 e.